The van der Waals surface area contributed by atoms with Crippen LogP contribution >= 0.6 is 0 Å². The molecule has 12 nitrogen and oxygen atoms in total. The molecule has 4 unspecified atom stereocenters. The average Bonchev–Trinajstić information content (AvgIpc) is 3.15. The van der Waals surface area contributed by atoms with Crippen LogP contribution in [0.1, 0.15) is 51.4 Å². The number of rotatable bonds is 3. The molecule has 6 N–H and O–H groups in total. The Balaban J connectivity index is 1.86. The van der Waals surface area contributed by atoms with E-state index in [9.17, 15) is 27.6 Å². The zero-order valence-corrected chi connectivity index (χ0v) is 18.4. The Labute approximate surface area is 186 Å². The molecule has 0 bridgehead atoms. The van der Waals surface area contributed by atoms with Crippen LogP contribution in [0.2, 0.25) is 0 Å². The topological polar surface area (TPSA) is 191 Å². The van der Waals surface area contributed by atoms with Gasteiger partial charge < -0.3 is 20.7 Å². The molecule has 2 aliphatic heterocycles. The lowest BCUT2D eigenvalue weighted by Crippen LogP contribution is -2.57. The van der Waals surface area contributed by atoms with Gasteiger partial charge in [0.15, 0.2) is 6.10 Å². The highest BCUT2D eigenvalue weighted by atomic mass is 32.2. The molecule has 2 fully saturated rings. The van der Waals surface area contributed by atoms with E-state index in [0.29, 0.717) is 32.1 Å². The molecule has 13 heteroatoms. The van der Waals surface area contributed by atoms with Crippen LogP contribution in [-0.2, 0) is 29.3 Å². The maximum atomic E-state index is 13.1. The van der Waals surface area contributed by atoms with Crippen molar-refractivity contribution < 1.29 is 32.3 Å². The van der Waals surface area contributed by atoms with Gasteiger partial charge in [-0.1, -0.05) is 18.6 Å². The molecule has 4 atom stereocenters. The molecule has 3 rings (SSSR count). The Morgan fingerprint density at radius 1 is 1.19 bits per heavy atom. The van der Waals surface area contributed by atoms with Crippen molar-refractivity contribution in [3.63, 3.8) is 0 Å². The second-order valence-electron chi connectivity index (χ2n) is 8.43. The lowest BCUT2D eigenvalue weighted by Gasteiger charge is -2.29. The van der Waals surface area contributed by atoms with Crippen molar-refractivity contribution in [3.05, 3.63) is 12.2 Å². The SMILES string of the molecule is NC(=O)OC1CCCCCC=CC2CC2(C(=O)NS(N)(=O)=O)NC(=O)C2CCCN2C1=O. The first-order chi connectivity index (χ1) is 15.0. The van der Waals surface area contributed by atoms with E-state index in [4.69, 9.17) is 15.6 Å². The Morgan fingerprint density at radius 2 is 1.94 bits per heavy atom. The summed E-state index contributed by atoms with van der Waals surface area (Å²) in [6.45, 7) is 0.287. The van der Waals surface area contributed by atoms with E-state index in [0.717, 1.165) is 12.8 Å². The van der Waals surface area contributed by atoms with E-state index >= 15 is 0 Å². The number of nitrogens with zero attached hydrogens (tertiary/aromatic N) is 1. The predicted molar refractivity (Wildman–Crippen MR) is 112 cm³/mol. The van der Waals surface area contributed by atoms with Crippen molar-refractivity contribution in [1.29, 1.82) is 0 Å². The molecule has 0 aromatic carbocycles. The van der Waals surface area contributed by atoms with Gasteiger partial charge in [-0.05, 0) is 44.9 Å². The summed E-state index contributed by atoms with van der Waals surface area (Å²) >= 11 is 0. The van der Waals surface area contributed by atoms with Gasteiger partial charge in [0.2, 0.25) is 5.91 Å². The summed E-state index contributed by atoms with van der Waals surface area (Å²) in [5.41, 5.74) is 3.68. The summed E-state index contributed by atoms with van der Waals surface area (Å²) in [5.74, 6) is -2.40. The van der Waals surface area contributed by atoms with Crippen LogP contribution in [0.25, 0.3) is 0 Å². The molecular formula is C19H29N5O7S. The number of primary amides is 1. The zero-order valence-electron chi connectivity index (χ0n) is 17.6. The van der Waals surface area contributed by atoms with Crippen molar-refractivity contribution in [3.8, 4) is 0 Å². The minimum Gasteiger partial charge on any atom is -0.436 e. The Hall–Kier alpha value is -2.67. The molecule has 1 saturated carbocycles. The Kier molecular flexibility index (Phi) is 7.08. The number of hydrogen-bond donors (Lipinski definition) is 4. The van der Waals surface area contributed by atoms with Crippen LogP contribution in [0, 0.1) is 5.92 Å². The number of allylic oxidation sites excluding steroid dienone is 1. The smallest absolute Gasteiger partial charge is 0.405 e. The van der Waals surface area contributed by atoms with E-state index < -0.39 is 57.6 Å². The molecule has 1 saturated heterocycles. The summed E-state index contributed by atoms with van der Waals surface area (Å²) in [7, 11) is -4.31. The van der Waals surface area contributed by atoms with Crippen LogP contribution in [-0.4, -0.2) is 61.4 Å². The fourth-order valence-corrected chi connectivity index (χ4v) is 4.84. The van der Waals surface area contributed by atoms with Gasteiger partial charge in [-0.15, -0.1) is 0 Å². The number of hydrogen-bond acceptors (Lipinski definition) is 7. The quantitative estimate of drug-likeness (QED) is 0.385. The monoisotopic (exact) mass is 471 g/mol. The number of carbonyl (C=O) groups excluding carboxylic acids is 4. The van der Waals surface area contributed by atoms with Crippen LogP contribution in [0.5, 0.6) is 0 Å². The molecular weight excluding hydrogens is 442 g/mol. The fourth-order valence-electron chi connectivity index (χ4n) is 4.40. The molecule has 3 aliphatic rings. The van der Waals surface area contributed by atoms with Gasteiger partial charge in [0.25, 0.3) is 22.0 Å². The van der Waals surface area contributed by atoms with E-state index in [2.05, 4.69) is 5.32 Å². The third kappa shape index (κ3) is 5.57. The Bertz CT molecular complexity index is 921. The molecule has 2 heterocycles. The molecule has 4 amide bonds. The van der Waals surface area contributed by atoms with Crippen LogP contribution in [0.15, 0.2) is 12.2 Å². The molecule has 32 heavy (non-hydrogen) atoms. The highest BCUT2D eigenvalue weighted by Crippen LogP contribution is 2.45. The second kappa shape index (κ2) is 9.45. The number of ether oxygens (including phenoxy) is 1. The summed E-state index contributed by atoms with van der Waals surface area (Å²) in [6, 6.07) is -0.879. The van der Waals surface area contributed by atoms with Crippen LogP contribution < -0.4 is 20.9 Å². The largest absolute Gasteiger partial charge is 0.436 e. The second-order valence-corrected chi connectivity index (χ2v) is 9.72. The van der Waals surface area contributed by atoms with Gasteiger partial charge in [-0.2, -0.15) is 8.42 Å². The summed E-state index contributed by atoms with van der Waals surface area (Å²) in [4.78, 5) is 51.5. The molecule has 1 aliphatic carbocycles. The van der Waals surface area contributed by atoms with Gasteiger partial charge in [-0.3, -0.25) is 14.4 Å². The number of carbonyl (C=O) groups is 4. The standard InChI is InChI=1S/C19H29N5O7S/c20-18(28)31-14-9-5-3-1-2-4-7-12-11-19(12,17(27)23-32(21,29)30)22-15(25)13-8-6-10-24(13)16(14)26/h4,7,12-14H,1-3,5-6,8-11H2,(H2,20,28)(H,22,25)(H,23,27)(H2,21,29,30). The van der Waals surface area contributed by atoms with Gasteiger partial charge in [0.1, 0.15) is 11.6 Å². The van der Waals surface area contributed by atoms with Gasteiger partial charge in [0.05, 0.1) is 0 Å². The normalized spacial score (nSPS) is 31.4. The minimum absolute atomic E-state index is 0.213. The zero-order chi connectivity index (χ0) is 23.5. The first-order valence-corrected chi connectivity index (χ1v) is 12.2. The van der Waals surface area contributed by atoms with Crippen molar-refractivity contribution >= 4 is 34.0 Å². The highest BCUT2D eigenvalue weighted by Gasteiger charge is 2.61. The summed E-state index contributed by atoms with van der Waals surface area (Å²) in [5, 5.41) is 7.60. The third-order valence-corrected chi connectivity index (χ3v) is 6.55. The van der Waals surface area contributed by atoms with E-state index in [1.54, 1.807) is 10.8 Å². The van der Waals surface area contributed by atoms with Crippen LogP contribution in [0.3, 0.4) is 0 Å². The maximum absolute atomic E-state index is 13.1. The molecule has 0 aromatic heterocycles. The first kappa shape index (κ1) is 24.0. The first-order valence-electron chi connectivity index (χ1n) is 10.6. The highest BCUT2D eigenvalue weighted by molar-refractivity contribution is 7.87. The van der Waals surface area contributed by atoms with Gasteiger partial charge in [0, 0.05) is 12.5 Å². The average molecular weight is 472 g/mol. The number of nitrogens with one attached hydrogen (secondary N) is 2. The van der Waals surface area contributed by atoms with Crippen LogP contribution in [0.4, 0.5) is 4.79 Å². The predicted octanol–water partition coefficient (Wildman–Crippen LogP) is -0.844. The number of amides is 4. The third-order valence-electron chi connectivity index (χ3n) is 6.08. The Morgan fingerprint density at radius 3 is 2.62 bits per heavy atom. The van der Waals surface area contributed by atoms with E-state index in [1.165, 1.54) is 4.90 Å². The van der Waals surface area contributed by atoms with Gasteiger partial charge in [-0.25, -0.2) is 14.7 Å². The molecule has 0 radical (unpaired) electrons. The summed E-state index contributed by atoms with van der Waals surface area (Å²) in [6.07, 6.45) is 5.83. The number of nitrogens with two attached hydrogens (primary N) is 2. The van der Waals surface area contributed by atoms with Gasteiger partial charge >= 0.3 is 6.09 Å². The van der Waals surface area contributed by atoms with E-state index in [1.807, 2.05) is 6.08 Å². The summed E-state index contributed by atoms with van der Waals surface area (Å²) < 4.78 is 29.5. The minimum atomic E-state index is -4.31. The molecule has 0 aromatic rings. The lowest BCUT2D eigenvalue weighted by molar-refractivity contribution is -0.146. The molecule has 0 spiro atoms. The van der Waals surface area contributed by atoms with E-state index in [-0.39, 0.29) is 13.0 Å². The van der Waals surface area contributed by atoms with Crippen molar-refractivity contribution in [2.75, 3.05) is 6.54 Å². The van der Waals surface area contributed by atoms with Crippen molar-refractivity contribution in [2.45, 2.75) is 69.1 Å². The fraction of sp³-hybridized carbons (Fsp3) is 0.684. The molecule has 178 valence electrons. The lowest BCUT2D eigenvalue weighted by atomic mass is 10.1. The van der Waals surface area contributed by atoms with Crippen molar-refractivity contribution in [1.82, 2.24) is 14.9 Å². The number of fused-ring (bicyclic) bond motifs is 2. The maximum Gasteiger partial charge on any atom is 0.405 e. The van der Waals surface area contributed by atoms with Crippen molar-refractivity contribution in [2.24, 2.45) is 16.8 Å².